The molecule has 1 aliphatic carbocycles. The lowest BCUT2D eigenvalue weighted by Crippen LogP contribution is -2.47. The molecule has 0 saturated heterocycles. The third kappa shape index (κ3) is 1.34. The van der Waals surface area contributed by atoms with Crippen LogP contribution in [0.3, 0.4) is 0 Å². The minimum atomic E-state index is 0.134. The Labute approximate surface area is 96.8 Å². The van der Waals surface area contributed by atoms with Crippen LogP contribution in [0.15, 0.2) is 6.20 Å². The average Bonchev–Trinajstić information content (AvgIpc) is 2.57. The van der Waals surface area contributed by atoms with Gasteiger partial charge in [-0.05, 0) is 19.3 Å². The van der Waals surface area contributed by atoms with Gasteiger partial charge in [0, 0.05) is 11.6 Å². The number of fused-ring (bicyclic) bond motifs is 2. The van der Waals surface area contributed by atoms with Crippen molar-refractivity contribution in [1.29, 1.82) is 0 Å². The van der Waals surface area contributed by atoms with Crippen molar-refractivity contribution >= 4 is 0 Å². The van der Waals surface area contributed by atoms with Gasteiger partial charge in [0.25, 0.3) is 0 Å². The lowest BCUT2D eigenvalue weighted by Gasteiger charge is -2.46. The van der Waals surface area contributed by atoms with Crippen LogP contribution < -0.4 is 0 Å². The van der Waals surface area contributed by atoms with E-state index in [0.717, 1.165) is 12.4 Å². The van der Waals surface area contributed by atoms with Crippen molar-refractivity contribution < 1.29 is 4.74 Å². The van der Waals surface area contributed by atoms with Crippen LogP contribution in [0.4, 0.5) is 0 Å². The summed E-state index contributed by atoms with van der Waals surface area (Å²) < 4.78 is 8.10. The highest BCUT2D eigenvalue weighted by Crippen LogP contribution is 2.43. The van der Waals surface area contributed by atoms with Crippen molar-refractivity contribution in [2.75, 3.05) is 6.61 Å². The van der Waals surface area contributed by atoms with E-state index in [1.807, 2.05) is 0 Å². The monoisotopic (exact) mass is 220 g/mol. The topological polar surface area (TPSA) is 27.1 Å². The molecule has 3 rings (SSSR count). The number of ether oxygens (including phenoxy) is 1. The predicted octanol–water partition coefficient (Wildman–Crippen LogP) is 2.59. The molecule has 1 aliphatic heterocycles. The zero-order valence-electron chi connectivity index (χ0n) is 10.4. The first kappa shape index (κ1) is 10.3. The highest BCUT2D eigenvalue weighted by Gasteiger charge is 2.43. The summed E-state index contributed by atoms with van der Waals surface area (Å²) in [4.78, 5) is 4.74. The van der Waals surface area contributed by atoms with Crippen molar-refractivity contribution in [3.63, 3.8) is 0 Å². The Morgan fingerprint density at radius 2 is 2.12 bits per heavy atom. The molecular weight excluding hydrogens is 200 g/mol. The summed E-state index contributed by atoms with van der Waals surface area (Å²) in [7, 11) is 0. The molecule has 0 aromatic carbocycles. The average molecular weight is 220 g/mol. The largest absolute Gasteiger partial charge is 0.371 e. The lowest BCUT2D eigenvalue weighted by molar-refractivity contribution is -0.0395. The number of rotatable bonds is 0. The maximum absolute atomic E-state index is 5.70. The van der Waals surface area contributed by atoms with E-state index in [2.05, 4.69) is 31.5 Å². The highest BCUT2D eigenvalue weighted by molar-refractivity contribution is 5.18. The molecule has 88 valence electrons. The number of hydrogen-bond acceptors (Lipinski definition) is 2. The molecule has 0 radical (unpaired) electrons. The zero-order valence-corrected chi connectivity index (χ0v) is 10.4. The van der Waals surface area contributed by atoms with Crippen LogP contribution >= 0.6 is 0 Å². The van der Waals surface area contributed by atoms with Gasteiger partial charge < -0.3 is 9.30 Å². The van der Waals surface area contributed by atoms with Gasteiger partial charge >= 0.3 is 0 Å². The standard InChI is InChI=1S/C13H20N2O/c1-12(2,3)10-7-15-11(14-10)8-16-9-13(15)5-4-6-13/h7H,4-6,8-9H2,1-3H3. The van der Waals surface area contributed by atoms with Gasteiger partial charge in [0.2, 0.25) is 0 Å². The second-order valence-corrected chi connectivity index (χ2v) is 6.23. The first-order chi connectivity index (χ1) is 7.51. The van der Waals surface area contributed by atoms with Gasteiger partial charge in [0.05, 0.1) is 17.8 Å². The van der Waals surface area contributed by atoms with E-state index in [1.165, 1.54) is 25.0 Å². The van der Waals surface area contributed by atoms with Crippen LogP contribution in [0, 0.1) is 0 Å². The third-order valence-electron chi connectivity index (χ3n) is 3.94. The zero-order chi connectivity index (χ0) is 11.4. The fourth-order valence-electron chi connectivity index (χ4n) is 2.66. The summed E-state index contributed by atoms with van der Waals surface area (Å²) >= 11 is 0. The van der Waals surface area contributed by atoms with Crippen LogP contribution in [0.2, 0.25) is 0 Å². The van der Waals surface area contributed by atoms with E-state index in [1.54, 1.807) is 0 Å². The van der Waals surface area contributed by atoms with Gasteiger partial charge in [-0.15, -0.1) is 0 Å². The Bertz CT molecular complexity index is 410. The van der Waals surface area contributed by atoms with E-state index in [0.29, 0.717) is 6.61 Å². The van der Waals surface area contributed by atoms with Gasteiger partial charge in [-0.2, -0.15) is 0 Å². The van der Waals surface area contributed by atoms with Crippen molar-refractivity contribution in [1.82, 2.24) is 9.55 Å². The smallest absolute Gasteiger partial charge is 0.135 e. The summed E-state index contributed by atoms with van der Waals surface area (Å²) in [6, 6.07) is 0. The molecule has 1 saturated carbocycles. The normalized spacial score (nSPS) is 22.9. The Morgan fingerprint density at radius 1 is 1.38 bits per heavy atom. The maximum Gasteiger partial charge on any atom is 0.135 e. The molecule has 16 heavy (non-hydrogen) atoms. The van der Waals surface area contributed by atoms with E-state index < -0.39 is 0 Å². The van der Waals surface area contributed by atoms with Gasteiger partial charge in [-0.1, -0.05) is 20.8 Å². The molecule has 0 atom stereocenters. The molecule has 3 nitrogen and oxygen atoms in total. The lowest BCUT2D eigenvalue weighted by atomic mass is 9.76. The molecule has 1 fully saturated rings. The molecule has 1 spiro atoms. The molecule has 3 heteroatoms. The van der Waals surface area contributed by atoms with Crippen molar-refractivity contribution in [2.45, 2.75) is 57.6 Å². The van der Waals surface area contributed by atoms with Gasteiger partial charge in [0.15, 0.2) is 0 Å². The second-order valence-electron chi connectivity index (χ2n) is 6.23. The highest BCUT2D eigenvalue weighted by atomic mass is 16.5. The summed E-state index contributed by atoms with van der Waals surface area (Å²) in [5.74, 6) is 1.12. The Morgan fingerprint density at radius 3 is 2.69 bits per heavy atom. The quantitative estimate of drug-likeness (QED) is 0.672. The SMILES string of the molecule is CC(C)(C)c1cn2c(n1)COCC21CCC1. The van der Waals surface area contributed by atoms with Gasteiger partial charge in [-0.3, -0.25) is 0 Å². The summed E-state index contributed by atoms with van der Waals surface area (Å²) in [6.45, 7) is 8.21. The van der Waals surface area contributed by atoms with Crippen molar-refractivity contribution in [2.24, 2.45) is 0 Å². The Kier molecular flexibility index (Phi) is 2.00. The minimum Gasteiger partial charge on any atom is -0.371 e. The molecule has 1 aromatic rings. The summed E-state index contributed by atoms with van der Waals surface area (Å²) in [6.07, 6.45) is 6.09. The molecule has 0 N–H and O–H groups in total. The van der Waals surface area contributed by atoms with E-state index >= 15 is 0 Å². The molecule has 0 unspecified atom stereocenters. The first-order valence-electron chi connectivity index (χ1n) is 6.18. The van der Waals surface area contributed by atoms with Crippen LogP contribution in [0.1, 0.15) is 51.6 Å². The van der Waals surface area contributed by atoms with Crippen LogP contribution in [0.25, 0.3) is 0 Å². The van der Waals surface area contributed by atoms with Crippen molar-refractivity contribution in [3.05, 3.63) is 17.7 Å². The van der Waals surface area contributed by atoms with E-state index in [9.17, 15) is 0 Å². The van der Waals surface area contributed by atoms with Gasteiger partial charge in [0.1, 0.15) is 12.4 Å². The van der Waals surface area contributed by atoms with Crippen LogP contribution in [0.5, 0.6) is 0 Å². The predicted molar refractivity (Wildman–Crippen MR) is 62.4 cm³/mol. The molecule has 2 heterocycles. The fraction of sp³-hybridized carbons (Fsp3) is 0.769. The third-order valence-corrected chi connectivity index (χ3v) is 3.94. The van der Waals surface area contributed by atoms with Crippen molar-refractivity contribution in [3.8, 4) is 0 Å². The molecule has 0 amide bonds. The molecule has 2 aliphatic rings. The molecule has 0 bridgehead atoms. The summed E-state index contributed by atoms with van der Waals surface area (Å²) in [5.41, 5.74) is 1.58. The summed E-state index contributed by atoms with van der Waals surface area (Å²) in [5, 5.41) is 0. The maximum atomic E-state index is 5.70. The van der Waals surface area contributed by atoms with Crippen LogP contribution in [-0.4, -0.2) is 16.2 Å². The number of imidazole rings is 1. The number of nitrogens with zero attached hydrogens (tertiary/aromatic N) is 2. The first-order valence-corrected chi connectivity index (χ1v) is 6.18. The van der Waals surface area contributed by atoms with Gasteiger partial charge in [-0.25, -0.2) is 4.98 Å². The fourth-order valence-corrected chi connectivity index (χ4v) is 2.66. The molecular formula is C13H20N2O. The van der Waals surface area contributed by atoms with E-state index in [-0.39, 0.29) is 11.0 Å². The van der Waals surface area contributed by atoms with Crippen LogP contribution in [-0.2, 0) is 22.3 Å². The van der Waals surface area contributed by atoms with E-state index in [4.69, 9.17) is 9.72 Å². The second kappa shape index (κ2) is 3.10. The Hall–Kier alpha value is -0.830. The number of hydrogen-bond donors (Lipinski definition) is 0. The molecule has 1 aromatic heterocycles. The minimum absolute atomic E-state index is 0.134. The Balaban J connectivity index is 2.05. The number of aromatic nitrogens is 2.